The average molecular weight is 359 g/mol. The number of aryl methyl sites for hydroxylation is 2. The van der Waals surface area contributed by atoms with Gasteiger partial charge in [0.25, 0.3) is 10.0 Å². The summed E-state index contributed by atoms with van der Waals surface area (Å²) in [5.74, 6) is -0.220. The first-order chi connectivity index (χ1) is 11.7. The van der Waals surface area contributed by atoms with Crippen LogP contribution in [0.4, 0.5) is 5.69 Å². The van der Waals surface area contributed by atoms with E-state index in [0.717, 1.165) is 16.7 Å². The van der Waals surface area contributed by atoms with Gasteiger partial charge in [-0.1, -0.05) is 23.8 Å². The molecule has 2 aromatic carbocycles. The van der Waals surface area contributed by atoms with E-state index in [1.807, 2.05) is 32.0 Å². The number of hydrogen-bond acceptors (Lipinski definition) is 4. The van der Waals surface area contributed by atoms with Gasteiger partial charge in [0, 0.05) is 18.2 Å². The van der Waals surface area contributed by atoms with E-state index in [9.17, 15) is 13.2 Å². The zero-order chi connectivity index (χ0) is 18.6. The molecule has 0 saturated heterocycles. The minimum absolute atomic E-state index is 0.0683. The maximum absolute atomic E-state index is 12.3. The topological polar surface area (TPSA) is 87.6 Å². The highest BCUT2D eigenvalue weighted by atomic mass is 32.2. The highest BCUT2D eigenvalue weighted by molar-refractivity contribution is 7.89. The van der Waals surface area contributed by atoms with Gasteiger partial charge >= 0.3 is 0 Å². The molecule has 0 radical (unpaired) electrons. The van der Waals surface area contributed by atoms with Crippen LogP contribution in [0.5, 0.6) is 0 Å². The van der Waals surface area contributed by atoms with E-state index in [1.54, 1.807) is 6.92 Å². The third kappa shape index (κ3) is 4.90. The number of amides is 1. The predicted octanol–water partition coefficient (Wildman–Crippen LogP) is 2.96. The van der Waals surface area contributed by atoms with Gasteiger partial charge in [-0.25, -0.2) is 0 Å². The Bertz CT molecular complexity index is 917. The van der Waals surface area contributed by atoms with E-state index in [0.29, 0.717) is 11.4 Å². The van der Waals surface area contributed by atoms with Gasteiger partial charge in [0.2, 0.25) is 5.91 Å². The molecule has 0 unspecified atom stereocenters. The third-order valence-corrected chi connectivity index (χ3v) is 4.81. The number of rotatable bonds is 5. The van der Waals surface area contributed by atoms with Crippen molar-refractivity contribution in [3.63, 3.8) is 0 Å². The second-order valence-corrected chi connectivity index (χ2v) is 7.48. The van der Waals surface area contributed by atoms with Crippen LogP contribution in [-0.4, -0.2) is 20.0 Å². The van der Waals surface area contributed by atoms with Crippen LogP contribution in [-0.2, 0) is 14.8 Å². The van der Waals surface area contributed by atoms with Crippen molar-refractivity contribution >= 4 is 27.3 Å². The SMILES string of the molecule is CC(=O)Nc1ccc(S(=O)(=O)N/N=C(\C)c2ccc(C)cc2C)cc1. The van der Waals surface area contributed by atoms with Crippen LogP contribution in [0.3, 0.4) is 0 Å². The molecule has 0 heterocycles. The Morgan fingerprint density at radius 2 is 1.64 bits per heavy atom. The van der Waals surface area contributed by atoms with Gasteiger partial charge in [-0.05, 0) is 50.6 Å². The van der Waals surface area contributed by atoms with Crippen molar-refractivity contribution in [1.82, 2.24) is 4.83 Å². The minimum Gasteiger partial charge on any atom is -0.326 e. The first-order valence-corrected chi connectivity index (χ1v) is 9.19. The number of nitrogens with one attached hydrogen (secondary N) is 2. The lowest BCUT2D eigenvalue weighted by Crippen LogP contribution is -2.20. The maximum atomic E-state index is 12.3. The predicted molar refractivity (Wildman–Crippen MR) is 99.2 cm³/mol. The van der Waals surface area contributed by atoms with Crippen molar-refractivity contribution in [2.24, 2.45) is 5.10 Å². The summed E-state index contributed by atoms with van der Waals surface area (Å²) in [4.78, 5) is 13.3. The molecule has 25 heavy (non-hydrogen) atoms. The van der Waals surface area contributed by atoms with E-state index in [-0.39, 0.29) is 10.8 Å². The van der Waals surface area contributed by atoms with Crippen molar-refractivity contribution in [3.8, 4) is 0 Å². The van der Waals surface area contributed by atoms with E-state index in [1.165, 1.54) is 31.2 Å². The number of anilines is 1. The number of sulfonamides is 1. The van der Waals surface area contributed by atoms with Crippen molar-refractivity contribution in [2.45, 2.75) is 32.6 Å². The van der Waals surface area contributed by atoms with Gasteiger partial charge in [-0.15, -0.1) is 0 Å². The van der Waals surface area contributed by atoms with Gasteiger partial charge < -0.3 is 5.32 Å². The van der Waals surface area contributed by atoms with Crippen LogP contribution in [0, 0.1) is 13.8 Å². The lowest BCUT2D eigenvalue weighted by molar-refractivity contribution is -0.114. The molecule has 2 N–H and O–H groups in total. The molecule has 2 aromatic rings. The summed E-state index contributed by atoms with van der Waals surface area (Å²) in [7, 11) is -3.78. The van der Waals surface area contributed by atoms with Crippen LogP contribution >= 0.6 is 0 Å². The summed E-state index contributed by atoms with van der Waals surface area (Å²) >= 11 is 0. The monoisotopic (exact) mass is 359 g/mol. The Morgan fingerprint density at radius 1 is 1.00 bits per heavy atom. The number of carbonyl (C=O) groups excluding carboxylic acids is 1. The molecule has 0 bridgehead atoms. The first kappa shape index (κ1) is 18.7. The van der Waals surface area contributed by atoms with Crippen molar-refractivity contribution in [1.29, 1.82) is 0 Å². The molecule has 7 heteroatoms. The van der Waals surface area contributed by atoms with E-state index in [2.05, 4.69) is 15.2 Å². The first-order valence-electron chi connectivity index (χ1n) is 7.70. The molecule has 1 amide bonds. The molecule has 0 saturated carbocycles. The summed E-state index contributed by atoms with van der Waals surface area (Å²) in [5, 5.41) is 6.60. The zero-order valence-corrected chi connectivity index (χ0v) is 15.4. The van der Waals surface area contributed by atoms with Crippen molar-refractivity contribution < 1.29 is 13.2 Å². The highest BCUT2D eigenvalue weighted by Gasteiger charge is 2.13. The summed E-state index contributed by atoms with van der Waals surface area (Å²) in [6.07, 6.45) is 0. The zero-order valence-electron chi connectivity index (χ0n) is 14.6. The molecular weight excluding hydrogens is 338 g/mol. The van der Waals surface area contributed by atoms with Crippen molar-refractivity contribution in [2.75, 3.05) is 5.32 Å². The van der Waals surface area contributed by atoms with Crippen LogP contribution in [0.1, 0.15) is 30.5 Å². The number of benzene rings is 2. The maximum Gasteiger partial charge on any atom is 0.276 e. The molecule has 0 atom stereocenters. The molecule has 2 rings (SSSR count). The highest BCUT2D eigenvalue weighted by Crippen LogP contribution is 2.15. The lowest BCUT2D eigenvalue weighted by Gasteiger charge is -2.09. The average Bonchev–Trinajstić information content (AvgIpc) is 2.52. The van der Waals surface area contributed by atoms with Gasteiger partial charge in [0.15, 0.2) is 0 Å². The fourth-order valence-electron chi connectivity index (χ4n) is 2.38. The fraction of sp³-hybridized carbons (Fsp3) is 0.222. The van der Waals surface area contributed by atoms with Crippen LogP contribution in [0.2, 0.25) is 0 Å². The normalized spacial score (nSPS) is 11.9. The lowest BCUT2D eigenvalue weighted by atomic mass is 10.0. The third-order valence-electron chi connectivity index (χ3n) is 3.59. The van der Waals surface area contributed by atoms with E-state index < -0.39 is 10.0 Å². The summed E-state index contributed by atoms with van der Waals surface area (Å²) < 4.78 is 24.7. The Hall–Kier alpha value is -2.67. The van der Waals surface area contributed by atoms with E-state index >= 15 is 0 Å². The summed E-state index contributed by atoms with van der Waals surface area (Å²) in [5.41, 5.74) is 4.15. The number of nitrogens with zero attached hydrogens (tertiary/aromatic N) is 1. The fourth-order valence-corrected chi connectivity index (χ4v) is 3.24. The Morgan fingerprint density at radius 3 is 2.20 bits per heavy atom. The Labute approximate surface area is 148 Å². The standard InChI is InChI=1S/C18H21N3O3S/c1-12-5-10-18(13(2)11-12)14(3)20-21-25(23,24)17-8-6-16(7-9-17)19-15(4)22/h5-11,21H,1-4H3,(H,19,22)/b20-14+. The molecule has 0 aliphatic carbocycles. The molecular formula is C18H21N3O3S. The van der Waals surface area contributed by atoms with Gasteiger partial charge in [-0.2, -0.15) is 18.4 Å². The molecule has 0 aliphatic heterocycles. The van der Waals surface area contributed by atoms with Crippen LogP contribution in [0.15, 0.2) is 52.5 Å². The van der Waals surface area contributed by atoms with Gasteiger partial charge in [0.05, 0.1) is 10.6 Å². The number of hydrogen-bond donors (Lipinski definition) is 2. The molecule has 0 aliphatic rings. The second-order valence-electron chi connectivity index (χ2n) is 5.82. The summed E-state index contributed by atoms with van der Waals surface area (Å²) in [6, 6.07) is 11.8. The van der Waals surface area contributed by atoms with E-state index in [4.69, 9.17) is 0 Å². The van der Waals surface area contributed by atoms with Gasteiger partial charge in [0.1, 0.15) is 0 Å². The number of carbonyl (C=O) groups is 1. The van der Waals surface area contributed by atoms with Gasteiger partial charge in [-0.3, -0.25) is 4.79 Å². The summed E-state index contributed by atoms with van der Waals surface area (Å²) in [6.45, 7) is 7.09. The molecule has 6 nitrogen and oxygen atoms in total. The van der Waals surface area contributed by atoms with Crippen LogP contribution < -0.4 is 10.1 Å². The Balaban J connectivity index is 2.19. The molecule has 0 fully saturated rings. The minimum atomic E-state index is -3.78. The second kappa shape index (κ2) is 7.48. The Kier molecular flexibility index (Phi) is 5.58. The molecule has 132 valence electrons. The largest absolute Gasteiger partial charge is 0.326 e. The quantitative estimate of drug-likeness (QED) is 0.635. The van der Waals surface area contributed by atoms with Crippen molar-refractivity contribution in [3.05, 3.63) is 59.2 Å². The number of hydrazone groups is 1. The van der Waals surface area contributed by atoms with Crippen LogP contribution in [0.25, 0.3) is 0 Å². The molecule has 0 spiro atoms. The smallest absolute Gasteiger partial charge is 0.276 e. The molecule has 0 aromatic heterocycles.